The van der Waals surface area contributed by atoms with Crippen LogP contribution in [0.5, 0.6) is 0 Å². The number of hydrogen-bond donors (Lipinski definition) is 3. The summed E-state index contributed by atoms with van der Waals surface area (Å²) in [6.45, 7) is 5.51. The average Bonchev–Trinajstić information content (AvgIpc) is 2.97. The van der Waals surface area contributed by atoms with Crippen molar-refractivity contribution in [3.05, 3.63) is 39.9 Å². The molecule has 0 atom stereocenters. The van der Waals surface area contributed by atoms with E-state index in [1.165, 1.54) is 11.3 Å². The smallest absolute Gasteiger partial charge is 0.321 e. The molecule has 3 amide bonds. The van der Waals surface area contributed by atoms with E-state index in [0.29, 0.717) is 23.2 Å². The van der Waals surface area contributed by atoms with Gasteiger partial charge in [-0.05, 0) is 38.1 Å². The first-order chi connectivity index (χ1) is 12.9. The van der Waals surface area contributed by atoms with Gasteiger partial charge in [0.15, 0.2) is 5.13 Å². The highest BCUT2D eigenvalue weighted by Gasteiger charge is 2.23. The molecule has 1 aliphatic rings. The third-order valence-corrected chi connectivity index (χ3v) is 5.20. The van der Waals surface area contributed by atoms with Crippen LogP contribution in [0.3, 0.4) is 0 Å². The molecule has 0 fully saturated rings. The molecule has 0 saturated carbocycles. The molecular formula is C18H22ClN5O2S. The fraction of sp³-hybridized carbons (Fsp3) is 0.389. The number of fused-ring (bicyclic) bond motifs is 1. The number of anilines is 2. The SMILES string of the molecule is CC(C)NC(=O)Nc1nc2c(s1)CN(CC(=O)Nc1ccc(Cl)cc1)CC2. The topological polar surface area (TPSA) is 86.4 Å². The van der Waals surface area contributed by atoms with Gasteiger partial charge < -0.3 is 10.6 Å². The van der Waals surface area contributed by atoms with Gasteiger partial charge in [0.1, 0.15) is 0 Å². The standard InChI is InChI=1S/C18H22ClN5O2S/c1-11(2)20-17(26)23-18-22-14-7-8-24(9-15(14)27-18)10-16(25)21-13-5-3-12(19)4-6-13/h3-6,11H,7-10H2,1-2H3,(H,21,25)(H2,20,22,23,26). The largest absolute Gasteiger partial charge is 0.336 e. The molecular weight excluding hydrogens is 386 g/mol. The zero-order valence-corrected chi connectivity index (χ0v) is 16.8. The van der Waals surface area contributed by atoms with Crippen LogP contribution in [0.4, 0.5) is 15.6 Å². The number of aromatic nitrogens is 1. The number of urea groups is 1. The lowest BCUT2D eigenvalue weighted by Gasteiger charge is -2.25. The van der Waals surface area contributed by atoms with Gasteiger partial charge in [0.2, 0.25) is 5.91 Å². The number of benzene rings is 1. The lowest BCUT2D eigenvalue weighted by Crippen LogP contribution is -2.36. The number of halogens is 1. The van der Waals surface area contributed by atoms with Crippen molar-refractivity contribution in [1.82, 2.24) is 15.2 Å². The quantitative estimate of drug-likeness (QED) is 0.709. The van der Waals surface area contributed by atoms with Crippen LogP contribution in [0, 0.1) is 0 Å². The van der Waals surface area contributed by atoms with E-state index in [2.05, 4.69) is 25.8 Å². The van der Waals surface area contributed by atoms with Crippen LogP contribution in [0.15, 0.2) is 24.3 Å². The Morgan fingerprint density at radius 2 is 2.00 bits per heavy atom. The summed E-state index contributed by atoms with van der Waals surface area (Å²) in [5, 5.41) is 9.64. The number of hydrogen-bond acceptors (Lipinski definition) is 5. The highest BCUT2D eigenvalue weighted by Crippen LogP contribution is 2.28. The van der Waals surface area contributed by atoms with Crippen LogP contribution in [0.2, 0.25) is 5.02 Å². The van der Waals surface area contributed by atoms with Crippen LogP contribution in [0.1, 0.15) is 24.4 Å². The third-order valence-electron chi connectivity index (χ3n) is 3.95. The van der Waals surface area contributed by atoms with Crippen LogP contribution in [-0.2, 0) is 17.8 Å². The minimum absolute atomic E-state index is 0.0641. The van der Waals surface area contributed by atoms with Crippen molar-refractivity contribution in [3.8, 4) is 0 Å². The van der Waals surface area contributed by atoms with Crippen molar-refractivity contribution in [2.45, 2.75) is 32.9 Å². The summed E-state index contributed by atoms with van der Waals surface area (Å²) in [6.07, 6.45) is 0.757. The Labute approximate surface area is 167 Å². The van der Waals surface area contributed by atoms with Crippen molar-refractivity contribution < 1.29 is 9.59 Å². The monoisotopic (exact) mass is 407 g/mol. The Morgan fingerprint density at radius 3 is 2.70 bits per heavy atom. The second-order valence-electron chi connectivity index (χ2n) is 6.66. The maximum Gasteiger partial charge on any atom is 0.321 e. The Bertz CT molecular complexity index is 822. The summed E-state index contributed by atoms with van der Waals surface area (Å²) in [4.78, 5) is 31.7. The minimum Gasteiger partial charge on any atom is -0.336 e. The van der Waals surface area contributed by atoms with E-state index in [1.807, 2.05) is 13.8 Å². The van der Waals surface area contributed by atoms with Gasteiger partial charge in [-0.15, -0.1) is 11.3 Å². The van der Waals surface area contributed by atoms with E-state index in [9.17, 15) is 9.59 Å². The normalized spacial score (nSPS) is 13.9. The Hall–Kier alpha value is -2.16. The zero-order chi connectivity index (χ0) is 19.4. The summed E-state index contributed by atoms with van der Waals surface area (Å²) in [5.74, 6) is -0.0695. The summed E-state index contributed by atoms with van der Waals surface area (Å²) in [5.41, 5.74) is 1.72. The van der Waals surface area contributed by atoms with Gasteiger partial charge in [-0.2, -0.15) is 0 Å². The molecule has 144 valence electrons. The van der Waals surface area contributed by atoms with E-state index < -0.39 is 0 Å². The van der Waals surface area contributed by atoms with Gasteiger partial charge in [0, 0.05) is 41.1 Å². The first-order valence-electron chi connectivity index (χ1n) is 8.73. The molecule has 0 unspecified atom stereocenters. The number of nitrogens with one attached hydrogen (secondary N) is 3. The Morgan fingerprint density at radius 1 is 1.26 bits per heavy atom. The second-order valence-corrected chi connectivity index (χ2v) is 8.18. The van der Waals surface area contributed by atoms with Crippen LogP contribution in [0.25, 0.3) is 0 Å². The zero-order valence-electron chi connectivity index (χ0n) is 15.2. The molecule has 1 aromatic carbocycles. The average molecular weight is 408 g/mol. The van der Waals surface area contributed by atoms with E-state index in [-0.39, 0.29) is 18.0 Å². The van der Waals surface area contributed by atoms with Crippen molar-refractivity contribution in [3.63, 3.8) is 0 Å². The fourth-order valence-electron chi connectivity index (χ4n) is 2.77. The molecule has 27 heavy (non-hydrogen) atoms. The predicted molar refractivity (Wildman–Crippen MR) is 108 cm³/mol. The number of nitrogens with zero attached hydrogens (tertiary/aromatic N) is 2. The molecule has 0 radical (unpaired) electrons. The number of thiazole rings is 1. The fourth-order valence-corrected chi connectivity index (χ4v) is 3.94. The highest BCUT2D eigenvalue weighted by atomic mass is 35.5. The lowest BCUT2D eigenvalue weighted by molar-refractivity contribution is -0.117. The van der Waals surface area contributed by atoms with E-state index in [1.54, 1.807) is 24.3 Å². The lowest BCUT2D eigenvalue weighted by atomic mass is 10.2. The van der Waals surface area contributed by atoms with Gasteiger partial charge in [-0.3, -0.25) is 15.0 Å². The van der Waals surface area contributed by atoms with Gasteiger partial charge in [0.25, 0.3) is 0 Å². The van der Waals surface area contributed by atoms with Crippen molar-refractivity contribution in [2.24, 2.45) is 0 Å². The van der Waals surface area contributed by atoms with Crippen molar-refractivity contribution >= 4 is 45.7 Å². The molecule has 1 aliphatic heterocycles. The molecule has 2 aromatic rings. The van der Waals surface area contributed by atoms with E-state index in [0.717, 1.165) is 29.2 Å². The first kappa shape index (κ1) is 19.6. The van der Waals surface area contributed by atoms with Gasteiger partial charge >= 0.3 is 6.03 Å². The molecule has 0 saturated heterocycles. The highest BCUT2D eigenvalue weighted by molar-refractivity contribution is 7.15. The summed E-state index contributed by atoms with van der Waals surface area (Å²) in [7, 11) is 0. The molecule has 3 rings (SSSR count). The summed E-state index contributed by atoms with van der Waals surface area (Å²) in [6, 6.07) is 6.84. The first-order valence-corrected chi connectivity index (χ1v) is 9.92. The maximum atomic E-state index is 12.3. The van der Waals surface area contributed by atoms with Gasteiger partial charge in [-0.25, -0.2) is 9.78 Å². The molecule has 3 N–H and O–H groups in total. The van der Waals surface area contributed by atoms with Gasteiger partial charge in [0.05, 0.1) is 12.2 Å². The van der Waals surface area contributed by atoms with Crippen LogP contribution >= 0.6 is 22.9 Å². The molecule has 7 nitrogen and oxygen atoms in total. The van der Waals surface area contributed by atoms with E-state index >= 15 is 0 Å². The third kappa shape index (κ3) is 5.66. The number of rotatable bonds is 5. The van der Waals surface area contributed by atoms with Gasteiger partial charge in [-0.1, -0.05) is 11.6 Å². The minimum atomic E-state index is -0.254. The molecule has 0 spiro atoms. The molecule has 0 aliphatic carbocycles. The summed E-state index contributed by atoms with van der Waals surface area (Å²) < 4.78 is 0. The maximum absolute atomic E-state index is 12.3. The predicted octanol–water partition coefficient (Wildman–Crippen LogP) is 3.32. The van der Waals surface area contributed by atoms with E-state index in [4.69, 9.17) is 11.6 Å². The molecule has 1 aromatic heterocycles. The number of carbonyl (C=O) groups is 2. The molecule has 2 heterocycles. The van der Waals surface area contributed by atoms with Crippen molar-refractivity contribution in [1.29, 1.82) is 0 Å². The molecule has 0 bridgehead atoms. The second kappa shape index (κ2) is 8.69. The van der Waals surface area contributed by atoms with Crippen LogP contribution < -0.4 is 16.0 Å². The Kier molecular flexibility index (Phi) is 6.30. The Balaban J connectivity index is 1.54. The summed E-state index contributed by atoms with van der Waals surface area (Å²) >= 11 is 7.31. The number of amides is 3. The van der Waals surface area contributed by atoms with Crippen LogP contribution in [-0.4, -0.2) is 41.0 Å². The van der Waals surface area contributed by atoms with Crippen molar-refractivity contribution in [2.75, 3.05) is 23.7 Å². The number of carbonyl (C=O) groups excluding carboxylic acids is 2. The molecule has 9 heteroatoms.